The van der Waals surface area contributed by atoms with Gasteiger partial charge in [0.25, 0.3) is 11.8 Å². The molecule has 6 rings (SSSR count). The molecule has 1 spiro atoms. The van der Waals surface area contributed by atoms with E-state index in [1.165, 1.54) is 0 Å². The highest BCUT2D eigenvalue weighted by Gasteiger charge is 2.66. The van der Waals surface area contributed by atoms with Crippen molar-refractivity contribution >= 4 is 43.2 Å². The molecule has 0 bridgehead atoms. The number of benzene rings is 2. The number of halogens is 2. The maximum absolute atomic E-state index is 16.2. The van der Waals surface area contributed by atoms with Crippen LogP contribution < -0.4 is 10.2 Å². The second kappa shape index (κ2) is 14.0. The predicted octanol–water partition coefficient (Wildman–Crippen LogP) is 1.62. The van der Waals surface area contributed by atoms with Crippen LogP contribution in [0, 0.1) is 5.92 Å². The van der Waals surface area contributed by atoms with Gasteiger partial charge in [-0.05, 0) is 55.4 Å². The molecule has 50 heavy (non-hydrogen) atoms. The van der Waals surface area contributed by atoms with E-state index in [0.29, 0.717) is 52.6 Å². The van der Waals surface area contributed by atoms with E-state index in [4.69, 9.17) is 21.1 Å². The molecule has 6 N–H and O–H groups in total. The van der Waals surface area contributed by atoms with Gasteiger partial charge in [0.15, 0.2) is 18.0 Å². The van der Waals surface area contributed by atoms with Gasteiger partial charge in [-0.1, -0.05) is 35.9 Å². The van der Waals surface area contributed by atoms with Crippen molar-refractivity contribution in [2.24, 2.45) is 5.92 Å². The summed E-state index contributed by atoms with van der Waals surface area (Å²) in [6.07, 6.45) is -6.93. The molecule has 3 aromatic rings. The lowest BCUT2D eigenvalue weighted by atomic mass is 9.82. The first-order chi connectivity index (χ1) is 23.6. The maximum Gasteiger partial charge on any atom is 0.264 e. The molecule has 0 radical (unpaired) electrons. The Morgan fingerprint density at radius 3 is 2.50 bits per heavy atom. The van der Waals surface area contributed by atoms with Crippen LogP contribution in [0.1, 0.15) is 30.2 Å². The summed E-state index contributed by atoms with van der Waals surface area (Å²) in [5.41, 5.74) is 0.802. The van der Waals surface area contributed by atoms with Crippen LogP contribution in [0.5, 0.6) is 0 Å². The fraction of sp³-hybridized carbons (Fsp3) is 0.515. The van der Waals surface area contributed by atoms with Crippen molar-refractivity contribution in [2.75, 3.05) is 16.8 Å². The second-order valence-corrected chi connectivity index (χ2v) is 17.9. The molecule has 2 aromatic carbocycles. The number of aliphatic hydroxyl groups is 5. The molecule has 1 aromatic heterocycles. The zero-order valence-corrected chi connectivity index (χ0v) is 29.4. The van der Waals surface area contributed by atoms with Crippen LogP contribution in [0.25, 0.3) is 0 Å². The Hall–Kier alpha value is -3.32. The number of carbonyl (C=O) groups is 2. The third-order valence-electron chi connectivity index (χ3n) is 9.93. The quantitative estimate of drug-likeness (QED) is 0.131. The standard InChI is InChI=1S/C33H41ClFN5O9Si/c1-17-29(50(2,3)35)24(10-12-39-16-21(11-13-41)37-38-39)49-33(17)22-14-19(34)6-9-23(22)40(32(33)47)15-18-4-7-20(8-5-18)36-30(45)28-26(43)25(42)27(44)31(46)48-28/h4-9,14,16-17,24-29,31,41-44,46H,10-13,15H2,1-3H3,(H,36,45)/t17-,24+,25+,26+,27-,28+,29-,31-,33+/m1/s1. The highest BCUT2D eigenvalue weighted by molar-refractivity contribution is 6.72. The van der Waals surface area contributed by atoms with E-state index in [9.17, 15) is 35.1 Å². The number of aryl methyl sites for hydroxylation is 1. The number of hydrogen-bond donors (Lipinski definition) is 6. The largest absolute Gasteiger partial charge is 0.396 e. The van der Waals surface area contributed by atoms with E-state index in [2.05, 4.69) is 15.6 Å². The van der Waals surface area contributed by atoms with E-state index in [1.54, 1.807) is 71.3 Å². The Labute approximate surface area is 293 Å². The molecule has 9 atom stereocenters. The number of anilines is 2. The molecule has 0 aliphatic carbocycles. The van der Waals surface area contributed by atoms with Crippen molar-refractivity contribution in [1.82, 2.24) is 15.0 Å². The topological polar surface area (TPSA) is 200 Å². The highest BCUT2D eigenvalue weighted by atomic mass is 35.5. The van der Waals surface area contributed by atoms with Gasteiger partial charge in [0.2, 0.25) is 8.41 Å². The lowest BCUT2D eigenvalue weighted by molar-refractivity contribution is -0.274. The molecule has 3 aliphatic heterocycles. The number of nitrogens with one attached hydrogen (secondary N) is 1. The molecule has 3 aliphatic rings. The van der Waals surface area contributed by atoms with Crippen molar-refractivity contribution in [3.63, 3.8) is 0 Å². The number of amides is 2. The Balaban J connectivity index is 1.22. The first-order valence-electron chi connectivity index (χ1n) is 16.4. The van der Waals surface area contributed by atoms with Crippen LogP contribution in [-0.4, -0.2) is 104 Å². The summed E-state index contributed by atoms with van der Waals surface area (Å²) < 4.78 is 29.6. The van der Waals surface area contributed by atoms with Gasteiger partial charge in [-0.2, -0.15) is 0 Å². The van der Waals surface area contributed by atoms with Gasteiger partial charge in [-0.25, -0.2) is 0 Å². The van der Waals surface area contributed by atoms with Gasteiger partial charge >= 0.3 is 0 Å². The summed E-state index contributed by atoms with van der Waals surface area (Å²) in [6, 6.07) is 11.7. The van der Waals surface area contributed by atoms with Crippen LogP contribution in [0.4, 0.5) is 15.5 Å². The number of ether oxygens (including phenoxy) is 2. The lowest BCUT2D eigenvalue weighted by Gasteiger charge is -2.37. The Morgan fingerprint density at radius 2 is 1.82 bits per heavy atom. The van der Waals surface area contributed by atoms with Crippen LogP contribution in [0.15, 0.2) is 48.7 Å². The number of hydrogen-bond acceptors (Lipinski definition) is 11. The maximum atomic E-state index is 16.2. The Kier molecular flexibility index (Phi) is 10.2. The second-order valence-electron chi connectivity index (χ2n) is 13.7. The van der Waals surface area contributed by atoms with Gasteiger partial charge in [0.1, 0.15) is 18.3 Å². The SMILES string of the molecule is C[C@@H]1[C@@H]([Si](C)(C)F)[C@H](CCn2cc(CCO)nn2)O[C@@]12C(=O)N(Cc1ccc(NC(=O)[C@H]3O[C@@H](O)[C@H](O)[C@@H](O)[C@@H]3O)cc1)c1ccc(Cl)cc12. The molecular formula is C33H41ClFN5O9Si. The van der Waals surface area contributed by atoms with Crippen molar-refractivity contribution in [2.45, 2.75) is 93.9 Å². The fourth-order valence-electron chi connectivity index (χ4n) is 7.55. The summed E-state index contributed by atoms with van der Waals surface area (Å²) in [4.78, 5) is 29.0. The summed E-state index contributed by atoms with van der Waals surface area (Å²) in [6.45, 7) is 5.57. The minimum atomic E-state index is -3.40. The number of nitrogens with zero attached hydrogens (tertiary/aromatic N) is 4. The van der Waals surface area contributed by atoms with E-state index in [1.807, 2.05) is 6.92 Å². The van der Waals surface area contributed by atoms with Crippen molar-refractivity contribution in [1.29, 1.82) is 0 Å². The third-order valence-corrected chi connectivity index (χ3v) is 12.6. The molecule has 17 heteroatoms. The number of rotatable bonds is 10. The minimum Gasteiger partial charge on any atom is -0.396 e. The summed E-state index contributed by atoms with van der Waals surface area (Å²) in [7, 11) is -3.40. The van der Waals surface area contributed by atoms with E-state index < -0.39 is 68.2 Å². The lowest BCUT2D eigenvalue weighted by Crippen LogP contribution is -2.60. The van der Waals surface area contributed by atoms with E-state index in [-0.39, 0.29) is 19.1 Å². The van der Waals surface area contributed by atoms with Gasteiger partial charge < -0.3 is 49.3 Å². The van der Waals surface area contributed by atoms with Crippen molar-refractivity contribution in [3.05, 3.63) is 70.5 Å². The van der Waals surface area contributed by atoms with Crippen LogP contribution in [-0.2, 0) is 44.2 Å². The minimum absolute atomic E-state index is 0.0552. The molecule has 4 heterocycles. The zero-order valence-electron chi connectivity index (χ0n) is 27.7. The number of carbonyl (C=O) groups excluding carboxylic acids is 2. The number of aromatic nitrogens is 3. The van der Waals surface area contributed by atoms with Gasteiger partial charge in [-0.15, -0.1) is 5.10 Å². The zero-order chi connectivity index (χ0) is 36.1. The Morgan fingerprint density at radius 1 is 1.10 bits per heavy atom. The highest BCUT2D eigenvalue weighted by Crippen LogP contribution is 2.60. The van der Waals surface area contributed by atoms with Crippen LogP contribution >= 0.6 is 11.6 Å². The fourth-order valence-corrected chi connectivity index (χ4v) is 10.3. The molecule has 2 fully saturated rings. The molecule has 270 valence electrons. The van der Waals surface area contributed by atoms with Gasteiger partial charge in [-0.3, -0.25) is 14.3 Å². The number of fused-ring (bicyclic) bond motifs is 2. The molecule has 0 unspecified atom stereocenters. The smallest absolute Gasteiger partial charge is 0.264 e. The Bertz CT molecular complexity index is 1730. The van der Waals surface area contributed by atoms with E-state index >= 15 is 4.11 Å². The van der Waals surface area contributed by atoms with Crippen LogP contribution in [0.3, 0.4) is 0 Å². The predicted molar refractivity (Wildman–Crippen MR) is 180 cm³/mol. The molecular weight excluding hydrogens is 693 g/mol. The van der Waals surface area contributed by atoms with E-state index in [0.717, 1.165) is 0 Å². The summed E-state index contributed by atoms with van der Waals surface area (Å²) in [5.74, 6) is -1.70. The normalized spacial score (nSPS) is 31.0. The average molecular weight is 734 g/mol. The first kappa shape index (κ1) is 36.5. The summed E-state index contributed by atoms with van der Waals surface area (Å²) in [5, 5.41) is 60.0. The molecule has 0 saturated carbocycles. The molecule has 2 amide bonds. The summed E-state index contributed by atoms with van der Waals surface area (Å²) >= 11 is 6.48. The first-order valence-corrected chi connectivity index (χ1v) is 19.7. The molecule has 2 saturated heterocycles. The molecule has 14 nitrogen and oxygen atoms in total. The van der Waals surface area contributed by atoms with Gasteiger partial charge in [0.05, 0.1) is 24.0 Å². The van der Waals surface area contributed by atoms with Crippen molar-refractivity contribution in [3.8, 4) is 0 Å². The van der Waals surface area contributed by atoms with Crippen LogP contribution in [0.2, 0.25) is 23.7 Å². The monoisotopic (exact) mass is 733 g/mol. The van der Waals surface area contributed by atoms with Gasteiger partial charge in [0, 0.05) is 53.5 Å². The number of aliphatic hydroxyl groups excluding tert-OH is 5. The average Bonchev–Trinajstić information content (AvgIpc) is 3.71. The third kappa shape index (κ3) is 6.60. The van der Waals surface area contributed by atoms with Crippen molar-refractivity contribution < 1.29 is 48.7 Å².